The summed E-state index contributed by atoms with van der Waals surface area (Å²) in [5, 5.41) is 239. The monoisotopic (exact) mass is 1540 g/mol. The molecule has 42 nitrogen and oxygen atoms in total. The molecule has 0 spiro atoms. The van der Waals surface area contributed by atoms with E-state index >= 15 is 0 Å². The summed E-state index contributed by atoms with van der Waals surface area (Å²) in [6.07, 6.45) is -73.1. The molecule has 596 valence electrons. The van der Waals surface area contributed by atoms with Crippen LogP contribution in [-0.4, -0.2) is 441 Å². The maximum Gasteiger partial charge on any atom is 0.321 e. The van der Waals surface area contributed by atoms with Crippen molar-refractivity contribution in [2.75, 3.05) is 89.5 Å². The number of nitrogens with one attached hydrogen (secondary N) is 1. The van der Waals surface area contributed by atoms with Gasteiger partial charge in [0.15, 0.2) is 44.0 Å². The molecule has 0 aliphatic carbocycles. The topological polar surface area (TPSA) is 653 Å². The van der Waals surface area contributed by atoms with Gasteiger partial charge in [-0.05, 0) is 14.0 Å². The number of carboxylic acids is 2. The zero-order valence-electron chi connectivity index (χ0n) is 55.5. The van der Waals surface area contributed by atoms with Gasteiger partial charge in [-0.15, -0.1) is 0 Å². The summed E-state index contributed by atoms with van der Waals surface area (Å²) in [6.45, 7) is -3.91. The van der Waals surface area contributed by atoms with Gasteiger partial charge in [-0.1, -0.05) is 0 Å². The van der Waals surface area contributed by atoms with E-state index < -0.39 is 290 Å². The first-order valence-electron chi connectivity index (χ1n) is 33.2. The van der Waals surface area contributed by atoms with Crippen LogP contribution >= 0.6 is 23.5 Å². The molecule has 21 aliphatic heterocycles. The van der Waals surface area contributed by atoms with Crippen LogP contribution in [-0.2, 0) is 95.0 Å². The molecule has 37 atom stereocenters. The van der Waals surface area contributed by atoms with Gasteiger partial charge < -0.3 is 188 Å². The lowest BCUT2D eigenvalue weighted by atomic mass is 9.95. The molecule has 21 fully saturated rings. The highest BCUT2D eigenvalue weighted by atomic mass is 32.2. The maximum absolute atomic E-state index is 13.0. The van der Waals surface area contributed by atoms with Gasteiger partial charge in [0.1, 0.15) is 176 Å². The van der Waals surface area contributed by atoms with Crippen LogP contribution in [0.1, 0.15) is 26.2 Å². The fourth-order valence-corrected chi connectivity index (χ4v) is 15.0. The van der Waals surface area contributed by atoms with Crippen molar-refractivity contribution in [3.63, 3.8) is 0 Å². The van der Waals surface area contributed by atoms with Crippen molar-refractivity contribution in [1.29, 1.82) is 0 Å². The third-order valence-corrected chi connectivity index (χ3v) is 20.9. The number of carboxylic acid groups (broad SMARTS) is 2. The number of aliphatic hydroxyl groups excluding tert-OH is 19. The van der Waals surface area contributed by atoms with Crippen molar-refractivity contribution < 1.29 is 202 Å². The van der Waals surface area contributed by atoms with Gasteiger partial charge in [0.25, 0.3) is 0 Å². The van der Waals surface area contributed by atoms with Gasteiger partial charge in [0.05, 0.1) is 77.6 Å². The molecule has 14 unspecified atom stereocenters. The number of hydrogen-bond acceptors (Lipinski definition) is 42. The van der Waals surface area contributed by atoms with E-state index in [1.54, 1.807) is 0 Å². The van der Waals surface area contributed by atoms with Gasteiger partial charge in [-0.25, -0.2) is 0 Å². The maximum atomic E-state index is 13.0. The predicted molar refractivity (Wildman–Crippen MR) is 332 cm³/mol. The number of ketones is 2. The molecule has 21 aliphatic rings. The first-order valence-corrected chi connectivity index (χ1v) is 35.5. The number of likely N-dealkylation sites (N-methyl/N-ethyl adjacent to an activating group) is 1. The molecular formula is C59H97NO41S2. The fourth-order valence-electron chi connectivity index (χ4n) is 12.6. The van der Waals surface area contributed by atoms with E-state index in [9.17, 15) is 126 Å². The van der Waals surface area contributed by atoms with E-state index in [-0.39, 0.29) is 62.3 Å². The van der Waals surface area contributed by atoms with Gasteiger partial charge in [-0.3, -0.25) is 19.2 Å². The number of aliphatic hydroxyl groups is 19. The first-order chi connectivity index (χ1) is 49.0. The van der Waals surface area contributed by atoms with Crippen LogP contribution in [0.5, 0.6) is 0 Å². The van der Waals surface area contributed by atoms with Crippen molar-refractivity contribution in [3.05, 3.63) is 0 Å². The summed E-state index contributed by atoms with van der Waals surface area (Å²) in [7, 11) is 1.35. The SMILES string of the molecule is CN[C@H](CSCC1O[C@H]2O[C@H]3C(CO)O[C@H](O[C@@H]4C(CO)O[C@H](O[C@@H]5C(CO)O[C@H](O[C@H]6C(CSC[C@@H](CC(=O)CCOCCOCCC(C)=O)C(=O)O)O[C@H](O[C@@H]7C(CO)O[C@@H](O[C@@H]8C(CO)O[C@@H](O[C@H]1[C@H](O)C2O)C(O)[C@H]8O)C(O)[C@H]7O)C(O)[C@H]6O)C(O)[C@H]5O)C(O)[C@H]4O)C(O)[C@H]3O)C(=O)O. The highest BCUT2D eigenvalue weighted by Gasteiger charge is 2.60. The number of thioether (sulfide) groups is 2. The fraction of sp³-hybridized carbons (Fsp3) is 0.932. The Balaban J connectivity index is 1.08. The zero-order chi connectivity index (χ0) is 75.4. The molecular weight excluding hydrogens is 1440 g/mol. The molecule has 14 bridgehead atoms. The molecule has 21 saturated heterocycles. The van der Waals surface area contributed by atoms with Crippen molar-refractivity contribution in [3.8, 4) is 0 Å². The highest BCUT2D eigenvalue weighted by Crippen LogP contribution is 2.40. The van der Waals surface area contributed by atoms with Crippen LogP contribution in [0.4, 0.5) is 0 Å². The summed E-state index contributed by atoms with van der Waals surface area (Å²) >= 11 is 1.66. The highest BCUT2D eigenvalue weighted by molar-refractivity contribution is 7.99. The average molecular weight is 1540 g/mol. The minimum Gasteiger partial charge on any atom is -0.481 e. The second kappa shape index (κ2) is 40.0. The Labute approximate surface area is 595 Å². The van der Waals surface area contributed by atoms with Crippen LogP contribution < -0.4 is 5.32 Å². The summed E-state index contributed by atoms with van der Waals surface area (Å²) in [5.41, 5.74) is 0. The molecule has 0 radical (unpaired) electrons. The van der Waals surface area contributed by atoms with Crippen LogP contribution in [0.25, 0.3) is 0 Å². The summed E-state index contributed by atoms with van der Waals surface area (Å²) in [6, 6.07) is -1.18. The number of carbonyl (C=O) groups is 4. The standard InChI is InChI=1S/C59H97NO41S2/c1-19(66)3-5-86-7-8-87-6-4-21(67)9-20(51(82)83)15-102-17-28-49-35(73)42(80)58(93-28)98-47-26(13-64)89-55(38(76)31(47)69)97-46-25(12-63)92-57(41(79)34(46)72)101-50-29(18-103-16-22(60-2)52(84)85)94-59(43(81)36(50)74)99-48-27(14-65)90-54(39(77)32(48)70)95-44-23(10-61)88-53(37(75)30(44)68)96-45-24(11-62)91-56(100-49)40(78)33(45)71/h20,22-50,53-65,68-81H,3-18H2,1-2H3,(H,82,83)(H,84,85)/t20-,22-,23?,24?,25?,26?,27?,28?,29?,30-,31-,32-,33-,34-,35-,36-,37?,38?,39?,40?,41?,42?,43?,44-,45-,46-,47-,48+,49+,50-,53-,54-,55+,56-,57+,58-,59+/m1/s1. The Morgan fingerprint density at radius 1 is 0.350 bits per heavy atom. The second-order valence-electron chi connectivity index (χ2n) is 25.7. The number of ether oxygens (including phenoxy) is 16. The lowest BCUT2D eigenvalue weighted by Crippen LogP contribution is -2.68. The van der Waals surface area contributed by atoms with Gasteiger partial charge in [0.2, 0.25) is 0 Å². The first kappa shape index (κ1) is 86.1. The van der Waals surface area contributed by atoms with Crippen molar-refractivity contribution in [2.45, 2.75) is 247 Å². The smallest absolute Gasteiger partial charge is 0.321 e. The Kier molecular flexibility index (Phi) is 33.4. The van der Waals surface area contributed by atoms with E-state index in [0.29, 0.717) is 0 Å². The molecule has 0 aromatic heterocycles. The minimum atomic E-state index is -2.31. The second-order valence-corrected chi connectivity index (χ2v) is 27.9. The van der Waals surface area contributed by atoms with Crippen molar-refractivity contribution in [2.24, 2.45) is 5.92 Å². The average Bonchev–Trinajstić information content (AvgIpc) is 0.785. The quantitative estimate of drug-likeness (QED) is 0.0340. The van der Waals surface area contributed by atoms with Gasteiger partial charge in [-0.2, -0.15) is 23.5 Å². The number of hydrogen-bond donors (Lipinski definition) is 22. The molecule has 21 rings (SSSR count). The number of rotatable bonds is 27. The number of aliphatic carboxylic acids is 2. The lowest BCUT2D eigenvalue weighted by Gasteiger charge is -2.50. The van der Waals surface area contributed by atoms with E-state index in [1.807, 2.05) is 0 Å². The minimum absolute atomic E-state index is 0.0645. The largest absolute Gasteiger partial charge is 0.481 e. The molecule has 103 heavy (non-hydrogen) atoms. The van der Waals surface area contributed by atoms with Crippen LogP contribution in [0.3, 0.4) is 0 Å². The van der Waals surface area contributed by atoms with E-state index in [4.69, 9.17) is 75.8 Å². The summed E-state index contributed by atoms with van der Waals surface area (Å²) < 4.78 is 93.3. The van der Waals surface area contributed by atoms with E-state index in [1.165, 1.54) is 14.0 Å². The summed E-state index contributed by atoms with van der Waals surface area (Å²) in [5.74, 6) is -6.08. The Bertz CT molecular complexity index is 2610. The molecule has 0 amide bonds. The molecule has 0 saturated carbocycles. The summed E-state index contributed by atoms with van der Waals surface area (Å²) in [4.78, 5) is 48.7. The third-order valence-electron chi connectivity index (χ3n) is 18.6. The number of carbonyl (C=O) groups excluding carboxylic acids is 2. The molecule has 0 aromatic rings. The van der Waals surface area contributed by atoms with E-state index in [0.717, 1.165) is 23.5 Å². The van der Waals surface area contributed by atoms with Gasteiger partial charge >= 0.3 is 11.9 Å². The zero-order valence-corrected chi connectivity index (χ0v) is 57.2. The van der Waals surface area contributed by atoms with Gasteiger partial charge in [0, 0.05) is 42.3 Å². The van der Waals surface area contributed by atoms with Crippen LogP contribution in [0.2, 0.25) is 0 Å². The lowest BCUT2D eigenvalue weighted by molar-refractivity contribution is -0.395. The van der Waals surface area contributed by atoms with Crippen LogP contribution in [0.15, 0.2) is 0 Å². The Morgan fingerprint density at radius 3 is 0.845 bits per heavy atom. The Morgan fingerprint density at radius 2 is 0.602 bits per heavy atom. The van der Waals surface area contributed by atoms with Crippen molar-refractivity contribution >= 4 is 47.0 Å². The molecule has 0 aromatic carbocycles. The third kappa shape index (κ3) is 21.0. The van der Waals surface area contributed by atoms with Crippen molar-refractivity contribution in [1.82, 2.24) is 5.32 Å². The molecule has 44 heteroatoms. The number of Topliss-reactive ketones (excluding diaryl/α,β-unsaturated/α-hetero) is 2. The predicted octanol–water partition coefficient (Wildman–Crippen LogP) is -13.0. The molecule has 22 N–H and O–H groups in total. The molecule has 21 heterocycles. The van der Waals surface area contributed by atoms with Crippen LogP contribution in [0, 0.1) is 5.92 Å². The normalized spacial score (nSPS) is 44.9. The van der Waals surface area contributed by atoms with E-state index in [2.05, 4.69) is 5.32 Å². The Hall–Kier alpha value is -2.46.